The minimum Gasteiger partial charge on any atom is -0.314 e. The summed E-state index contributed by atoms with van der Waals surface area (Å²) in [7, 11) is 0. The zero-order chi connectivity index (χ0) is 14.7. The molecular formula is C18H22BrNS. The van der Waals surface area contributed by atoms with E-state index >= 15 is 0 Å². The maximum absolute atomic E-state index is 3.71. The fraction of sp³-hybridized carbons (Fsp3) is 0.444. The van der Waals surface area contributed by atoms with Gasteiger partial charge in [0, 0.05) is 20.8 Å². The number of aryl methyl sites for hydroxylation is 1. The van der Waals surface area contributed by atoms with Crippen molar-refractivity contribution in [1.82, 2.24) is 5.32 Å². The molecule has 1 N–H and O–H groups in total. The highest BCUT2D eigenvalue weighted by Crippen LogP contribution is 2.25. The third-order valence-corrected chi connectivity index (χ3v) is 5.71. The van der Waals surface area contributed by atoms with Gasteiger partial charge in [-0.1, -0.05) is 29.8 Å². The molecule has 1 heterocycles. The van der Waals surface area contributed by atoms with Gasteiger partial charge in [-0.25, -0.2) is 0 Å². The Bertz CT molecular complexity index is 588. The Balaban J connectivity index is 1.65. The molecule has 1 aromatic carbocycles. The van der Waals surface area contributed by atoms with Crippen molar-refractivity contribution in [2.24, 2.45) is 5.92 Å². The van der Waals surface area contributed by atoms with E-state index in [9.17, 15) is 0 Å². The summed E-state index contributed by atoms with van der Waals surface area (Å²) in [5, 5.41) is 5.90. The molecule has 3 rings (SSSR count). The molecule has 2 aromatic rings. The van der Waals surface area contributed by atoms with Gasteiger partial charge in [-0.2, -0.15) is 0 Å². The summed E-state index contributed by atoms with van der Waals surface area (Å²) < 4.78 is 1.21. The maximum Gasteiger partial charge on any atom is 0.0285 e. The standard InChI is InChI=1S/C18H22BrNS/c1-13-3-2-4-14(7-13)8-15(11-20-17-5-6-17)9-18-10-16(19)12-21-18/h2-4,7,10,12,15,17,20H,5-6,8-9,11H2,1H3. The molecule has 0 saturated heterocycles. The molecule has 1 nitrogen and oxygen atoms in total. The lowest BCUT2D eigenvalue weighted by Gasteiger charge is -2.17. The molecule has 0 spiro atoms. The second-order valence-corrected chi connectivity index (χ2v) is 8.09. The smallest absolute Gasteiger partial charge is 0.0285 e. The van der Waals surface area contributed by atoms with Crippen LogP contribution in [0, 0.1) is 12.8 Å². The summed E-state index contributed by atoms with van der Waals surface area (Å²) in [5.41, 5.74) is 2.83. The molecule has 1 aliphatic carbocycles. The number of halogens is 1. The Morgan fingerprint density at radius 3 is 2.81 bits per heavy atom. The van der Waals surface area contributed by atoms with Crippen LogP contribution in [0.5, 0.6) is 0 Å². The Morgan fingerprint density at radius 2 is 2.14 bits per heavy atom. The van der Waals surface area contributed by atoms with E-state index < -0.39 is 0 Å². The molecule has 0 amide bonds. The van der Waals surface area contributed by atoms with Gasteiger partial charge in [-0.3, -0.25) is 0 Å². The first-order chi connectivity index (χ1) is 10.2. The lowest BCUT2D eigenvalue weighted by Crippen LogP contribution is -2.27. The van der Waals surface area contributed by atoms with Crippen molar-refractivity contribution in [3.63, 3.8) is 0 Å². The lowest BCUT2D eigenvalue weighted by molar-refractivity contribution is 0.471. The van der Waals surface area contributed by atoms with Crippen LogP contribution < -0.4 is 5.32 Å². The Hall–Kier alpha value is -0.640. The zero-order valence-corrected chi connectivity index (χ0v) is 14.8. The van der Waals surface area contributed by atoms with Crippen molar-refractivity contribution < 1.29 is 0 Å². The molecule has 21 heavy (non-hydrogen) atoms. The third kappa shape index (κ3) is 4.94. The van der Waals surface area contributed by atoms with Gasteiger partial charge in [-0.05, 0) is 72.6 Å². The summed E-state index contributed by atoms with van der Waals surface area (Å²) in [6, 6.07) is 12.0. The highest BCUT2D eigenvalue weighted by molar-refractivity contribution is 9.10. The van der Waals surface area contributed by atoms with Gasteiger partial charge in [0.2, 0.25) is 0 Å². The van der Waals surface area contributed by atoms with E-state index in [1.807, 2.05) is 11.3 Å². The van der Waals surface area contributed by atoms with Crippen molar-refractivity contribution in [3.05, 3.63) is 56.2 Å². The molecule has 0 radical (unpaired) electrons. The maximum atomic E-state index is 3.71. The average Bonchev–Trinajstić information content (AvgIpc) is 3.19. The molecule has 1 saturated carbocycles. The van der Waals surface area contributed by atoms with Crippen LogP contribution in [0.2, 0.25) is 0 Å². The van der Waals surface area contributed by atoms with E-state index in [1.165, 1.54) is 39.7 Å². The van der Waals surface area contributed by atoms with Crippen LogP contribution in [0.4, 0.5) is 0 Å². The summed E-state index contributed by atoms with van der Waals surface area (Å²) in [5.74, 6) is 0.679. The van der Waals surface area contributed by atoms with Gasteiger partial charge in [0.1, 0.15) is 0 Å². The predicted octanol–water partition coefficient (Wildman–Crippen LogP) is 4.97. The summed E-state index contributed by atoms with van der Waals surface area (Å²) in [6.07, 6.45) is 5.06. The molecular weight excluding hydrogens is 342 g/mol. The van der Waals surface area contributed by atoms with Gasteiger partial charge in [0.15, 0.2) is 0 Å². The number of nitrogens with one attached hydrogen (secondary N) is 1. The molecule has 1 atom stereocenters. The Kier molecular flexibility index (Phi) is 5.15. The van der Waals surface area contributed by atoms with Crippen LogP contribution in [0.25, 0.3) is 0 Å². The summed E-state index contributed by atoms with van der Waals surface area (Å²) in [4.78, 5) is 1.48. The monoisotopic (exact) mass is 363 g/mol. The number of thiophene rings is 1. The molecule has 112 valence electrons. The van der Waals surface area contributed by atoms with Gasteiger partial charge < -0.3 is 5.32 Å². The number of hydrogen-bond donors (Lipinski definition) is 1. The van der Waals surface area contributed by atoms with Gasteiger partial charge in [0.25, 0.3) is 0 Å². The van der Waals surface area contributed by atoms with Crippen molar-refractivity contribution in [3.8, 4) is 0 Å². The minimum atomic E-state index is 0.679. The molecule has 1 fully saturated rings. The van der Waals surface area contributed by atoms with Crippen molar-refractivity contribution in [2.75, 3.05) is 6.54 Å². The zero-order valence-electron chi connectivity index (χ0n) is 12.4. The van der Waals surface area contributed by atoms with Crippen LogP contribution in [0.15, 0.2) is 40.2 Å². The van der Waals surface area contributed by atoms with E-state index in [2.05, 4.69) is 63.9 Å². The summed E-state index contributed by atoms with van der Waals surface area (Å²) in [6.45, 7) is 3.31. The first kappa shape index (κ1) is 15.3. The van der Waals surface area contributed by atoms with Crippen LogP contribution in [0.1, 0.15) is 28.8 Å². The SMILES string of the molecule is Cc1cccc(CC(CNC2CC2)Cc2cc(Br)cs2)c1. The van der Waals surface area contributed by atoms with Crippen LogP contribution in [-0.2, 0) is 12.8 Å². The fourth-order valence-corrected chi connectivity index (χ4v) is 4.32. The first-order valence-corrected chi connectivity index (χ1v) is 9.38. The van der Waals surface area contributed by atoms with Crippen LogP contribution >= 0.6 is 27.3 Å². The number of benzene rings is 1. The molecule has 0 bridgehead atoms. The van der Waals surface area contributed by atoms with Gasteiger partial charge in [-0.15, -0.1) is 11.3 Å². The van der Waals surface area contributed by atoms with E-state index in [4.69, 9.17) is 0 Å². The number of hydrogen-bond acceptors (Lipinski definition) is 2. The third-order valence-electron chi connectivity index (χ3n) is 3.99. The van der Waals surface area contributed by atoms with Crippen LogP contribution in [0.3, 0.4) is 0 Å². The molecule has 0 aliphatic heterocycles. The number of rotatable bonds is 7. The lowest BCUT2D eigenvalue weighted by atomic mass is 9.94. The van der Waals surface area contributed by atoms with Crippen molar-refractivity contribution in [1.29, 1.82) is 0 Å². The van der Waals surface area contributed by atoms with E-state index in [-0.39, 0.29) is 0 Å². The minimum absolute atomic E-state index is 0.679. The van der Waals surface area contributed by atoms with Crippen molar-refractivity contribution in [2.45, 2.75) is 38.6 Å². The second-order valence-electron chi connectivity index (χ2n) is 6.18. The van der Waals surface area contributed by atoms with Crippen LogP contribution in [-0.4, -0.2) is 12.6 Å². The van der Waals surface area contributed by atoms with Gasteiger partial charge in [0.05, 0.1) is 0 Å². The topological polar surface area (TPSA) is 12.0 Å². The van der Waals surface area contributed by atoms with E-state index in [0.717, 1.165) is 19.0 Å². The van der Waals surface area contributed by atoms with E-state index in [1.54, 1.807) is 0 Å². The fourth-order valence-electron chi connectivity index (χ4n) is 2.76. The Labute approximate surface area is 139 Å². The molecule has 3 heteroatoms. The molecule has 1 unspecified atom stereocenters. The van der Waals surface area contributed by atoms with E-state index in [0.29, 0.717) is 5.92 Å². The normalized spacial score (nSPS) is 16.1. The molecule has 1 aliphatic rings. The van der Waals surface area contributed by atoms with Crippen molar-refractivity contribution >= 4 is 27.3 Å². The predicted molar refractivity (Wildman–Crippen MR) is 95.1 cm³/mol. The first-order valence-electron chi connectivity index (χ1n) is 7.71. The second kappa shape index (κ2) is 7.08. The van der Waals surface area contributed by atoms with Gasteiger partial charge >= 0.3 is 0 Å². The Morgan fingerprint density at radius 1 is 1.29 bits per heavy atom. The highest BCUT2D eigenvalue weighted by Gasteiger charge is 2.22. The summed E-state index contributed by atoms with van der Waals surface area (Å²) >= 11 is 5.43. The average molecular weight is 364 g/mol. The largest absolute Gasteiger partial charge is 0.314 e. The highest BCUT2D eigenvalue weighted by atomic mass is 79.9. The quantitative estimate of drug-likeness (QED) is 0.731. The molecule has 1 aromatic heterocycles.